The van der Waals surface area contributed by atoms with E-state index in [4.69, 9.17) is 9.47 Å². The summed E-state index contributed by atoms with van der Waals surface area (Å²) < 4.78 is 10.3. The minimum atomic E-state index is -0.549. The molecule has 0 bridgehead atoms. The maximum atomic E-state index is 11.5. The van der Waals surface area contributed by atoms with Crippen LogP contribution < -0.4 is 0 Å². The summed E-state index contributed by atoms with van der Waals surface area (Å²) in [5.41, 5.74) is -1.04. The summed E-state index contributed by atoms with van der Waals surface area (Å²) in [6.07, 6.45) is 6.03. The predicted molar refractivity (Wildman–Crippen MR) is 61.1 cm³/mol. The third kappa shape index (κ3) is 2.75. The Kier molecular flexibility index (Phi) is 2.81. The van der Waals surface area contributed by atoms with Gasteiger partial charge in [0.15, 0.2) is 0 Å². The van der Waals surface area contributed by atoms with Crippen LogP contribution in [0.2, 0.25) is 0 Å². The van der Waals surface area contributed by atoms with Gasteiger partial charge in [-0.25, -0.2) is 0 Å². The van der Waals surface area contributed by atoms with E-state index in [1.54, 1.807) is 12.2 Å². The molecule has 2 rings (SSSR count). The molecule has 92 valence electrons. The molecule has 0 radical (unpaired) electrons. The zero-order valence-corrected chi connectivity index (χ0v) is 9.74. The van der Waals surface area contributed by atoms with Gasteiger partial charge in [-0.1, -0.05) is 13.2 Å². The summed E-state index contributed by atoms with van der Waals surface area (Å²) in [5.74, 6) is -1.10. The number of hydrogen-bond acceptors (Lipinski definition) is 4. The molecule has 0 saturated heterocycles. The van der Waals surface area contributed by atoms with Crippen LogP contribution in [-0.4, -0.2) is 23.1 Å². The van der Waals surface area contributed by atoms with Crippen molar-refractivity contribution < 1.29 is 19.1 Å². The second-order valence-corrected chi connectivity index (χ2v) is 4.66. The Morgan fingerprint density at radius 1 is 0.941 bits per heavy atom. The maximum Gasteiger partial charge on any atom is 0.318 e. The molecule has 0 aliphatic heterocycles. The van der Waals surface area contributed by atoms with Crippen LogP contribution >= 0.6 is 0 Å². The summed E-state index contributed by atoms with van der Waals surface area (Å²) in [6, 6.07) is 0. The van der Waals surface area contributed by atoms with Crippen molar-refractivity contribution in [1.82, 2.24) is 0 Å². The fraction of sp³-hybridized carbons (Fsp3) is 0.538. The first-order valence-electron chi connectivity index (χ1n) is 5.74. The summed E-state index contributed by atoms with van der Waals surface area (Å²) >= 11 is 0. The lowest BCUT2D eigenvalue weighted by Crippen LogP contribution is -2.23. The highest BCUT2D eigenvalue weighted by Crippen LogP contribution is 2.42. The van der Waals surface area contributed by atoms with Crippen LogP contribution in [0.5, 0.6) is 0 Å². The Bertz CT molecular complexity index is 339. The number of ether oxygens (including phenoxy) is 2. The van der Waals surface area contributed by atoms with Gasteiger partial charge in [-0.05, 0) is 37.8 Å². The predicted octanol–water partition coefficient (Wildman–Crippen LogP) is 1.90. The van der Waals surface area contributed by atoms with Gasteiger partial charge in [-0.15, -0.1) is 0 Å². The highest BCUT2D eigenvalue weighted by Gasteiger charge is 2.46. The Labute approximate surface area is 100 Å². The molecule has 0 atom stereocenters. The van der Waals surface area contributed by atoms with E-state index < -0.39 is 23.1 Å². The van der Waals surface area contributed by atoms with Crippen molar-refractivity contribution in [3.8, 4) is 0 Å². The van der Waals surface area contributed by atoms with Gasteiger partial charge in [0.2, 0.25) is 0 Å². The monoisotopic (exact) mass is 236 g/mol. The van der Waals surface area contributed by atoms with Crippen molar-refractivity contribution >= 4 is 11.9 Å². The Hall–Kier alpha value is -1.58. The lowest BCUT2D eigenvalue weighted by molar-refractivity contribution is -0.159. The smallest absolute Gasteiger partial charge is 0.318 e. The Morgan fingerprint density at radius 2 is 1.29 bits per heavy atom. The minimum absolute atomic E-state index is 0.342. The van der Waals surface area contributed by atoms with Crippen molar-refractivity contribution in [2.75, 3.05) is 0 Å². The van der Waals surface area contributed by atoms with Crippen LogP contribution in [0, 0.1) is 0 Å². The number of carbonyl (C=O) groups is 2. The zero-order chi connectivity index (χ0) is 12.5. The molecule has 4 heteroatoms. The van der Waals surface area contributed by atoms with Gasteiger partial charge in [0, 0.05) is 0 Å². The lowest BCUT2D eigenvalue weighted by Gasteiger charge is -2.14. The molecule has 0 aromatic rings. The molecule has 0 N–H and O–H groups in total. The van der Waals surface area contributed by atoms with E-state index in [1.807, 2.05) is 0 Å². The minimum Gasteiger partial charge on any atom is -0.454 e. The van der Waals surface area contributed by atoms with Crippen LogP contribution in [0.1, 0.15) is 32.1 Å². The number of rotatable bonds is 6. The average Bonchev–Trinajstić information content (AvgIpc) is 3.16. The Balaban J connectivity index is 1.77. The second kappa shape index (κ2) is 4.02. The van der Waals surface area contributed by atoms with Crippen molar-refractivity contribution in [3.05, 3.63) is 25.3 Å². The second-order valence-electron chi connectivity index (χ2n) is 4.66. The first kappa shape index (κ1) is 11.9. The van der Waals surface area contributed by atoms with E-state index in [0.717, 1.165) is 25.7 Å². The highest BCUT2D eigenvalue weighted by atomic mass is 16.6. The average molecular weight is 236 g/mol. The molecule has 0 unspecified atom stereocenters. The zero-order valence-electron chi connectivity index (χ0n) is 9.74. The van der Waals surface area contributed by atoms with Gasteiger partial charge in [0.05, 0.1) is 0 Å². The fourth-order valence-electron chi connectivity index (χ4n) is 1.59. The maximum absolute atomic E-state index is 11.5. The Morgan fingerprint density at radius 3 is 1.53 bits per heavy atom. The van der Waals surface area contributed by atoms with Gasteiger partial charge in [-0.2, -0.15) is 0 Å². The van der Waals surface area contributed by atoms with E-state index in [1.165, 1.54) is 0 Å². The number of esters is 2. The first-order chi connectivity index (χ1) is 8.03. The lowest BCUT2D eigenvalue weighted by atomic mass is 10.3. The van der Waals surface area contributed by atoms with E-state index in [9.17, 15) is 9.59 Å². The SMILES string of the molecule is C=CC1(OC(=O)CC(=O)OC2(C=C)CC2)CC1. The van der Waals surface area contributed by atoms with Crippen LogP contribution in [0.4, 0.5) is 0 Å². The summed E-state index contributed by atoms with van der Waals surface area (Å²) in [6.45, 7) is 7.21. The van der Waals surface area contributed by atoms with Crippen LogP contribution in [-0.2, 0) is 19.1 Å². The fourth-order valence-corrected chi connectivity index (χ4v) is 1.59. The van der Waals surface area contributed by atoms with Gasteiger partial charge >= 0.3 is 11.9 Å². The van der Waals surface area contributed by atoms with Crippen LogP contribution in [0.3, 0.4) is 0 Å². The molecule has 17 heavy (non-hydrogen) atoms. The summed E-state index contributed by atoms with van der Waals surface area (Å²) in [5, 5.41) is 0. The molecule has 2 aliphatic carbocycles. The van der Waals surface area contributed by atoms with Crippen LogP contribution in [0.25, 0.3) is 0 Å². The summed E-state index contributed by atoms with van der Waals surface area (Å²) in [7, 11) is 0. The molecule has 2 saturated carbocycles. The molecule has 0 aromatic heterocycles. The first-order valence-corrected chi connectivity index (χ1v) is 5.74. The van der Waals surface area contributed by atoms with Gasteiger partial charge in [-0.3, -0.25) is 9.59 Å². The van der Waals surface area contributed by atoms with Gasteiger partial charge in [0.1, 0.15) is 17.6 Å². The van der Waals surface area contributed by atoms with E-state index in [2.05, 4.69) is 13.2 Å². The number of hydrogen-bond donors (Lipinski definition) is 0. The van der Waals surface area contributed by atoms with Crippen LogP contribution in [0.15, 0.2) is 25.3 Å². The molecular formula is C13H16O4. The third-order valence-electron chi connectivity index (χ3n) is 3.15. The van der Waals surface area contributed by atoms with Crippen molar-refractivity contribution in [2.24, 2.45) is 0 Å². The van der Waals surface area contributed by atoms with Crippen molar-refractivity contribution in [1.29, 1.82) is 0 Å². The molecule has 0 aromatic carbocycles. The molecule has 0 spiro atoms. The molecule has 4 nitrogen and oxygen atoms in total. The van der Waals surface area contributed by atoms with Crippen molar-refractivity contribution in [3.63, 3.8) is 0 Å². The molecule has 2 fully saturated rings. The quantitative estimate of drug-likeness (QED) is 0.401. The third-order valence-corrected chi connectivity index (χ3v) is 3.15. The van der Waals surface area contributed by atoms with E-state index in [0.29, 0.717) is 0 Å². The van der Waals surface area contributed by atoms with Gasteiger partial charge in [0.25, 0.3) is 0 Å². The molecule has 0 amide bonds. The largest absolute Gasteiger partial charge is 0.454 e. The van der Waals surface area contributed by atoms with Gasteiger partial charge < -0.3 is 9.47 Å². The topological polar surface area (TPSA) is 52.6 Å². The normalized spacial score (nSPS) is 22.1. The van der Waals surface area contributed by atoms with E-state index >= 15 is 0 Å². The highest BCUT2D eigenvalue weighted by molar-refractivity contribution is 5.91. The number of carbonyl (C=O) groups excluding carboxylic acids is 2. The molecule has 0 heterocycles. The summed E-state index contributed by atoms with van der Waals surface area (Å²) in [4.78, 5) is 22.9. The molecule has 2 aliphatic rings. The van der Waals surface area contributed by atoms with Crippen molar-refractivity contribution in [2.45, 2.75) is 43.3 Å². The molecular weight excluding hydrogens is 220 g/mol. The van der Waals surface area contributed by atoms with E-state index in [-0.39, 0.29) is 6.42 Å². The standard InChI is InChI=1S/C13H16O4/c1-3-12(5-6-12)16-10(14)9-11(15)17-13(4-2)7-8-13/h3-4H,1-2,5-9H2.